The Labute approximate surface area is 204 Å². The summed E-state index contributed by atoms with van der Waals surface area (Å²) in [7, 11) is 1.52. The molecule has 2 N–H and O–H groups in total. The zero-order chi connectivity index (χ0) is 23.6. The Bertz CT molecular complexity index is 1130. The van der Waals surface area contributed by atoms with E-state index in [9.17, 15) is 14.9 Å². The highest BCUT2D eigenvalue weighted by Crippen LogP contribution is 2.28. The van der Waals surface area contributed by atoms with E-state index in [4.69, 9.17) is 9.47 Å². The summed E-state index contributed by atoms with van der Waals surface area (Å²) < 4.78 is 12.3. The number of carbonyl (C=O) groups excluding carboxylic acids is 1. The van der Waals surface area contributed by atoms with Crippen molar-refractivity contribution in [3.8, 4) is 11.5 Å². The number of hydrogen-bond acceptors (Lipinski definition) is 7. The zero-order valence-electron chi connectivity index (χ0n) is 17.7. The largest absolute Gasteiger partial charge is 0.493 e. The van der Waals surface area contributed by atoms with Crippen LogP contribution < -0.4 is 20.2 Å². The first-order valence-electron chi connectivity index (χ1n) is 9.80. The number of carbonyl (C=O) groups is 1. The fourth-order valence-electron chi connectivity index (χ4n) is 2.73. The van der Waals surface area contributed by atoms with E-state index in [1.165, 1.54) is 25.5 Å². The fourth-order valence-corrected chi connectivity index (χ4v) is 3.09. The van der Waals surface area contributed by atoms with Gasteiger partial charge in [0.25, 0.3) is 11.6 Å². The highest BCUT2D eigenvalue weighted by atomic mass is 127. The van der Waals surface area contributed by atoms with Gasteiger partial charge in [-0.15, -0.1) is 0 Å². The number of nitrogens with zero attached hydrogens (tertiary/aromatic N) is 2. The van der Waals surface area contributed by atoms with Gasteiger partial charge in [0.2, 0.25) is 0 Å². The van der Waals surface area contributed by atoms with Gasteiger partial charge in [0.05, 0.1) is 24.8 Å². The normalized spacial score (nSPS) is 10.6. The van der Waals surface area contributed by atoms with Crippen molar-refractivity contribution < 1.29 is 19.2 Å². The van der Waals surface area contributed by atoms with Crippen molar-refractivity contribution >= 4 is 46.1 Å². The number of methoxy groups -OCH3 is 1. The minimum Gasteiger partial charge on any atom is -0.493 e. The summed E-state index contributed by atoms with van der Waals surface area (Å²) in [5, 5.41) is 17.7. The maximum Gasteiger partial charge on any atom is 0.269 e. The molecule has 0 bridgehead atoms. The molecule has 0 fully saturated rings. The van der Waals surface area contributed by atoms with Crippen LogP contribution in [-0.4, -0.2) is 30.7 Å². The van der Waals surface area contributed by atoms with Crippen molar-refractivity contribution in [1.82, 2.24) is 5.43 Å². The molecule has 0 heterocycles. The average Bonchev–Trinajstić information content (AvgIpc) is 2.83. The molecule has 0 aromatic heterocycles. The molecule has 0 unspecified atom stereocenters. The van der Waals surface area contributed by atoms with E-state index in [1.807, 2.05) is 24.3 Å². The van der Waals surface area contributed by atoms with Crippen LogP contribution >= 0.6 is 22.6 Å². The van der Waals surface area contributed by atoms with Gasteiger partial charge in [-0.05, 0) is 88.3 Å². The Kier molecular flexibility index (Phi) is 8.58. The lowest BCUT2D eigenvalue weighted by atomic mass is 10.2. The fraction of sp³-hybridized carbons (Fsp3) is 0.130. The van der Waals surface area contributed by atoms with Crippen LogP contribution in [0, 0.1) is 13.7 Å². The molecule has 3 aromatic rings. The molecule has 33 heavy (non-hydrogen) atoms. The van der Waals surface area contributed by atoms with Gasteiger partial charge < -0.3 is 14.8 Å². The molecule has 170 valence electrons. The van der Waals surface area contributed by atoms with Gasteiger partial charge in [-0.3, -0.25) is 14.9 Å². The summed E-state index contributed by atoms with van der Waals surface area (Å²) in [5.41, 5.74) is 4.84. The highest BCUT2D eigenvalue weighted by molar-refractivity contribution is 14.1. The van der Waals surface area contributed by atoms with Crippen LogP contribution in [0.25, 0.3) is 0 Å². The molecule has 10 heteroatoms. The summed E-state index contributed by atoms with van der Waals surface area (Å²) in [6, 6.07) is 19.1. The smallest absolute Gasteiger partial charge is 0.269 e. The van der Waals surface area contributed by atoms with Gasteiger partial charge in [-0.1, -0.05) is 0 Å². The van der Waals surface area contributed by atoms with Crippen molar-refractivity contribution in [2.45, 2.75) is 6.61 Å². The number of nitrogens with one attached hydrogen (secondary N) is 2. The lowest BCUT2D eigenvalue weighted by Crippen LogP contribution is -2.25. The Morgan fingerprint density at radius 2 is 1.82 bits per heavy atom. The lowest BCUT2D eigenvalue weighted by Gasteiger charge is -2.11. The van der Waals surface area contributed by atoms with Crippen LogP contribution in [0.15, 0.2) is 71.8 Å². The van der Waals surface area contributed by atoms with E-state index in [-0.39, 0.29) is 24.7 Å². The Morgan fingerprint density at radius 3 is 2.48 bits per heavy atom. The van der Waals surface area contributed by atoms with E-state index < -0.39 is 4.92 Å². The first-order valence-corrected chi connectivity index (χ1v) is 10.9. The number of halogens is 1. The molecule has 0 spiro atoms. The molecule has 9 nitrogen and oxygen atoms in total. The van der Waals surface area contributed by atoms with Crippen molar-refractivity contribution in [2.24, 2.45) is 5.10 Å². The van der Waals surface area contributed by atoms with Gasteiger partial charge >= 0.3 is 0 Å². The van der Waals surface area contributed by atoms with Crippen molar-refractivity contribution in [2.75, 3.05) is 19.0 Å². The van der Waals surface area contributed by atoms with Gasteiger partial charge in [0, 0.05) is 21.4 Å². The number of nitro benzene ring substituents is 1. The number of rotatable bonds is 10. The van der Waals surface area contributed by atoms with E-state index >= 15 is 0 Å². The van der Waals surface area contributed by atoms with E-state index in [1.54, 1.807) is 30.3 Å². The van der Waals surface area contributed by atoms with E-state index in [0.717, 1.165) is 14.8 Å². The number of non-ortho nitro benzene ring substituents is 1. The Balaban J connectivity index is 1.51. The van der Waals surface area contributed by atoms with E-state index in [2.05, 4.69) is 38.4 Å². The van der Waals surface area contributed by atoms with Crippen molar-refractivity contribution in [3.05, 3.63) is 91.5 Å². The number of ether oxygens (including phenoxy) is 2. The summed E-state index contributed by atoms with van der Waals surface area (Å²) in [4.78, 5) is 22.3. The maximum atomic E-state index is 12.0. The number of amides is 1. The summed E-state index contributed by atoms with van der Waals surface area (Å²) >= 11 is 2.22. The van der Waals surface area contributed by atoms with Gasteiger partial charge in [0.1, 0.15) is 6.61 Å². The van der Waals surface area contributed by atoms with Crippen molar-refractivity contribution in [1.29, 1.82) is 0 Å². The molecule has 0 aliphatic rings. The molecule has 0 radical (unpaired) electrons. The Hall–Kier alpha value is -3.67. The van der Waals surface area contributed by atoms with Gasteiger partial charge in [0.15, 0.2) is 11.5 Å². The van der Waals surface area contributed by atoms with Gasteiger partial charge in [-0.25, -0.2) is 5.43 Å². The van der Waals surface area contributed by atoms with Crippen LogP contribution in [0.2, 0.25) is 0 Å². The second kappa shape index (κ2) is 11.8. The predicted octanol–water partition coefficient (Wildman–Crippen LogP) is 4.35. The van der Waals surface area contributed by atoms with Gasteiger partial charge in [-0.2, -0.15) is 5.10 Å². The second-order valence-electron chi connectivity index (χ2n) is 6.78. The van der Waals surface area contributed by atoms with Crippen LogP contribution in [0.5, 0.6) is 11.5 Å². The standard InChI is InChI=1S/C23H21IN4O5/c1-32-22-12-17(13-26-27-23(29)14-25-19-7-5-18(24)6-8-19)4-11-21(22)33-15-16-2-9-20(10-3-16)28(30)31/h2-13,25H,14-15H2,1H3,(H,27,29)/b26-13-. The zero-order valence-corrected chi connectivity index (χ0v) is 19.8. The topological polar surface area (TPSA) is 115 Å². The minimum absolute atomic E-state index is 0.0256. The summed E-state index contributed by atoms with van der Waals surface area (Å²) in [6.07, 6.45) is 1.51. The number of hydrazone groups is 1. The molecular weight excluding hydrogens is 539 g/mol. The molecule has 0 aliphatic carbocycles. The molecule has 3 aromatic carbocycles. The molecule has 3 rings (SSSR count). The number of anilines is 1. The summed E-state index contributed by atoms with van der Waals surface area (Å²) in [6.45, 7) is 0.322. The third-order valence-corrected chi connectivity index (χ3v) is 5.15. The molecule has 0 saturated heterocycles. The Morgan fingerprint density at radius 1 is 1.09 bits per heavy atom. The predicted molar refractivity (Wildman–Crippen MR) is 134 cm³/mol. The highest BCUT2D eigenvalue weighted by Gasteiger charge is 2.08. The average molecular weight is 560 g/mol. The van der Waals surface area contributed by atoms with Crippen LogP contribution in [0.1, 0.15) is 11.1 Å². The molecule has 0 saturated carbocycles. The number of benzene rings is 3. The van der Waals surface area contributed by atoms with Crippen molar-refractivity contribution in [3.63, 3.8) is 0 Å². The first-order chi connectivity index (χ1) is 15.9. The quantitative estimate of drug-likeness (QED) is 0.165. The minimum atomic E-state index is -0.448. The maximum absolute atomic E-state index is 12.0. The molecule has 1 amide bonds. The number of hydrogen-bond donors (Lipinski definition) is 2. The second-order valence-corrected chi connectivity index (χ2v) is 8.02. The van der Waals surface area contributed by atoms with E-state index in [0.29, 0.717) is 17.1 Å². The SMILES string of the molecule is COc1cc(/C=N\NC(=O)CNc2ccc(I)cc2)ccc1OCc1ccc([N+](=O)[O-])cc1. The monoisotopic (exact) mass is 560 g/mol. The summed E-state index contributed by atoms with van der Waals surface area (Å²) in [5.74, 6) is 0.728. The molecule has 0 atom stereocenters. The first kappa shape index (κ1) is 24.0. The number of nitro groups is 1. The third-order valence-electron chi connectivity index (χ3n) is 4.43. The van der Waals surface area contributed by atoms with Crippen LogP contribution in [0.4, 0.5) is 11.4 Å². The third kappa shape index (κ3) is 7.45. The van der Waals surface area contributed by atoms with Crippen LogP contribution in [0.3, 0.4) is 0 Å². The van der Waals surface area contributed by atoms with Crippen LogP contribution in [-0.2, 0) is 11.4 Å². The molecular formula is C23H21IN4O5. The molecule has 0 aliphatic heterocycles. The lowest BCUT2D eigenvalue weighted by molar-refractivity contribution is -0.384.